The molecule has 1 aromatic heterocycles. The molecule has 2 atom stereocenters. The first-order valence-electron chi connectivity index (χ1n) is 9.00. The van der Waals surface area contributed by atoms with E-state index in [-0.39, 0.29) is 25.7 Å². The first-order valence-corrected chi connectivity index (χ1v) is 9.00. The van der Waals surface area contributed by atoms with Gasteiger partial charge in [0, 0.05) is 49.2 Å². The number of nitrogens with zero attached hydrogens (tertiary/aromatic N) is 2. The third-order valence-electron chi connectivity index (χ3n) is 5.81. The van der Waals surface area contributed by atoms with Crippen LogP contribution in [0.1, 0.15) is 38.2 Å². The predicted molar refractivity (Wildman–Crippen MR) is 94.0 cm³/mol. The number of nitrogens with two attached hydrogens (primary N) is 1. The fourth-order valence-corrected chi connectivity index (χ4v) is 4.35. The average molecular weight is 382 g/mol. The van der Waals surface area contributed by atoms with Crippen LogP contribution in [0.4, 0.5) is 17.6 Å². The number of hydrogen-bond donors (Lipinski definition) is 2. The molecule has 2 unspecified atom stereocenters. The van der Waals surface area contributed by atoms with Gasteiger partial charge in [-0.3, -0.25) is 15.3 Å². The third-order valence-corrected chi connectivity index (χ3v) is 5.81. The van der Waals surface area contributed by atoms with Crippen LogP contribution in [-0.2, 0) is 0 Å². The van der Waals surface area contributed by atoms with Crippen molar-refractivity contribution in [1.82, 2.24) is 10.3 Å². The zero-order chi connectivity index (χ0) is 19.5. The third kappa shape index (κ3) is 3.40. The summed E-state index contributed by atoms with van der Waals surface area (Å²) in [5.41, 5.74) is 5.90. The molecule has 0 saturated heterocycles. The number of nitrogens with one attached hydrogen (secondary N) is 1. The Morgan fingerprint density at radius 2 is 1.85 bits per heavy atom. The molecule has 0 spiro atoms. The molecule has 4 rings (SSSR count). The molecule has 0 aromatic carbocycles. The monoisotopic (exact) mass is 382 g/mol. The number of aliphatic imine (C=N–C) groups is 1. The van der Waals surface area contributed by atoms with Crippen molar-refractivity contribution in [3.05, 3.63) is 42.2 Å². The molecule has 0 bridgehead atoms. The molecule has 2 fully saturated rings. The van der Waals surface area contributed by atoms with Gasteiger partial charge in [-0.05, 0) is 31.1 Å². The second-order valence-electron chi connectivity index (χ2n) is 8.37. The van der Waals surface area contributed by atoms with Crippen molar-refractivity contribution in [2.24, 2.45) is 16.6 Å². The Kier molecular flexibility index (Phi) is 4.02. The molecule has 27 heavy (non-hydrogen) atoms. The van der Waals surface area contributed by atoms with Gasteiger partial charge in [0.25, 0.3) is 5.92 Å². The molecule has 0 amide bonds. The van der Waals surface area contributed by atoms with E-state index in [0.717, 1.165) is 5.56 Å². The van der Waals surface area contributed by atoms with Crippen LogP contribution >= 0.6 is 0 Å². The van der Waals surface area contributed by atoms with Crippen LogP contribution in [0, 0.1) is 5.92 Å². The first-order chi connectivity index (χ1) is 12.5. The summed E-state index contributed by atoms with van der Waals surface area (Å²) in [5.74, 6) is -5.91. The Labute approximate surface area is 155 Å². The zero-order valence-corrected chi connectivity index (χ0v) is 14.9. The van der Waals surface area contributed by atoms with E-state index >= 15 is 0 Å². The van der Waals surface area contributed by atoms with Crippen molar-refractivity contribution >= 4 is 5.71 Å². The highest BCUT2D eigenvalue weighted by molar-refractivity contribution is 6.09. The Morgan fingerprint density at radius 3 is 2.41 bits per heavy atom. The van der Waals surface area contributed by atoms with Crippen molar-refractivity contribution in [3.8, 4) is 0 Å². The molecule has 3 N–H and O–H groups in total. The summed E-state index contributed by atoms with van der Waals surface area (Å²) in [5, 5.41) is 3.15. The topological polar surface area (TPSA) is 63.3 Å². The van der Waals surface area contributed by atoms with Crippen molar-refractivity contribution in [2.45, 2.75) is 61.7 Å². The minimum atomic E-state index is -2.73. The average Bonchev–Trinajstić information content (AvgIpc) is 2.53. The van der Waals surface area contributed by atoms with E-state index in [1.165, 1.54) is 0 Å². The number of alkyl halides is 4. The molecule has 2 saturated carbocycles. The molecule has 1 aromatic rings. The van der Waals surface area contributed by atoms with E-state index in [9.17, 15) is 17.6 Å². The van der Waals surface area contributed by atoms with Gasteiger partial charge >= 0.3 is 0 Å². The van der Waals surface area contributed by atoms with Crippen LogP contribution < -0.4 is 11.1 Å². The summed E-state index contributed by atoms with van der Waals surface area (Å²) in [6.45, 7) is 1.69. The van der Waals surface area contributed by atoms with Gasteiger partial charge in [0.2, 0.25) is 5.92 Å². The van der Waals surface area contributed by atoms with Crippen molar-refractivity contribution in [2.75, 3.05) is 0 Å². The van der Waals surface area contributed by atoms with Gasteiger partial charge in [-0.15, -0.1) is 0 Å². The largest absolute Gasteiger partial charge is 0.319 e. The fourth-order valence-electron chi connectivity index (χ4n) is 4.35. The lowest BCUT2D eigenvalue weighted by molar-refractivity contribution is -0.143. The first kappa shape index (κ1) is 18.6. The molecule has 3 aliphatic rings. The van der Waals surface area contributed by atoms with Gasteiger partial charge < -0.3 is 5.73 Å². The summed E-state index contributed by atoms with van der Waals surface area (Å²) in [4.78, 5) is 8.69. The molecule has 1 aliphatic heterocycles. The Morgan fingerprint density at radius 1 is 1.15 bits per heavy atom. The summed E-state index contributed by atoms with van der Waals surface area (Å²) in [6.07, 6.45) is 4.62. The van der Waals surface area contributed by atoms with Crippen LogP contribution in [-0.4, -0.2) is 39.8 Å². The van der Waals surface area contributed by atoms with Gasteiger partial charge in [-0.25, -0.2) is 17.6 Å². The lowest BCUT2D eigenvalue weighted by Crippen LogP contribution is -2.71. The highest BCUT2D eigenvalue weighted by atomic mass is 19.3. The Bertz CT molecular complexity index is 776. The summed E-state index contributed by atoms with van der Waals surface area (Å²) in [6, 6.07) is 3.59. The Balaban J connectivity index is 1.62. The smallest absolute Gasteiger partial charge is 0.251 e. The SMILES string of the molecule is CC1(NC2N=C(c3cccnc3)C=CC2(N)C2CC(F)(F)C2)CC(F)(F)C1. The summed E-state index contributed by atoms with van der Waals surface area (Å²) in [7, 11) is 0. The molecule has 146 valence electrons. The van der Waals surface area contributed by atoms with E-state index in [0.29, 0.717) is 5.71 Å². The number of aromatic nitrogens is 1. The summed E-state index contributed by atoms with van der Waals surface area (Å²) >= 11 is 0. The lowest BCUT2D eigenvalue weighted by atomic mass is 9.65. The maximum atomic E-state index is 13.5. The van der Waals surface area contributed by atoms with E-state index < -0.39 is 35.0 Å². The molecule has 0 radical (unpaired) electrons. The van der Waals surface area contributed by atoms with Crippen LogP contribution in [0.2, 0.25) is 0 Å². The van der Waals surface area contributed by atoms with Crippen molar-refractivity contribution in [1.29, 1.82) is 0 Å². The molecule has 2 aliphatic carbocycles. The molecule has 4 nitrogen and oxygen atoms in total. The minimum absolute atomic E-state index is 0.323. The lowest BCUT2D eigenvalue weighted by Gasteiger charge is -2.53. The van der Waals surface area contributed by atoms with Gasteiger partial charge in [0.05, 0.1) is 11.3 Å². The number of pyridine rings is 1. The standard InChI is InChI=1S/C19H22F4N4/c1-16(10-18(22,23)11-16)27-15-19(24,13-7-17(20,21)8-13)5-4-14(26-15)12-3-2-6-25-9-12/h2-6,9,13,15,27H,7-8,10-11,24H2,1H3. The number of hydrogen-bond acceptors (Lipinski definition) is 4. The molecule has 2 heterocycles. The zero-order valence-electron chi connectivity index (χ0n) is 14.9. The van der Waals surface area contributed by atoms with Gasteiger partial charge in [0.15, 0.2) is 0 Å². The Hall–Kier alpha value is -1.80. The molecular weight excluding hydrogens is 360 g/mol. The number of halogens is 4. The van der Waals surface area contributed by atoms with Gasteiger partial charge in [-0.1, -0.05) is 6.08 Å². The number of rotatable bonds is 4. The maximum Gasteiger partial charge on any atom is 0.251 e. The van der Waals surface area contributed by atoms with Crippen LogP contribution in [0.5, 0.6) is 0 Å². The predicted octanol–water partition coefficient (Wildman–Crippen LogP) is 3.29. The highest BCUT2D eigenvalue weighted by Crippen LogP contribution is 2.51. The normalized spacial score (nSPS) is 33.7. The second-order valence-corrected chi connectivity index (χ2v) is 8.37. The number of allylic oxidation sites excluding steroid dienone is 1. The van der Waals surface area contributed by atoms with Crippen LogP contribution in [0.3, 0.4) is 0 Å². The highest BCUT2D eigenvalue weighted by Gasteiger charge is 2.59. The van der Waals surface area contributed by atoms with E-state index in [4.69, 9.17) is 5.73 Å². The summed E-state index contributed by atoms with van der Waals surface area (Å²) < 4.78 is 53.8. The van der Waals surface area contributed by atoms with Crippen molar-refractivity contribution in [3.63, 3.8) is 0 Å². The van der Waals surface area contributed by atoms with E-state index in [1.54, 1.807) is 37.5 Å². The number of dihydropyridines is 1. The molecular formula is C19H22F4N4. The van der Waals surface area contributed by atoms with E-state index in [2.05, 4.69) is 15.3 Å². The minimum Gasteiger partial charge on any atom is -0.319 e. The van der Waals surface area contributed by atoms with Gasteiger partial charge in [0.1, 0.15) is 6.17 Å². The van der Waals surface area contributed by atoms with Crippen LogP contribution in [0.25, 0.3) is 0 Å². The van der Waals surface area contributed by atoms with Gasteiger partial charge in [-0.2, -0.15) is 0 Å². The fraction of sp³-hybridized carbons (Fsp3) is 0.579. The molecule has 8 heteroatoms. The van der Waals surface area contributed by atoms with E-state index in [1.807, 2.05) is 6.07 Å². The quantitative estimate of drug-likeness (QED) is 0.786. The van der Waals surface area contributed by atoms with Crippen LogP contribution in [0.15, 0.2) is 41.7 Å². The van der Waals surface area contributed by atoms with Crippen molar-refractivity contribution < 1.29 is 17.6 Å². The second kappa shape index (κ2) is 5.85. The maximum absolute atomic E-state index is 13.5.